The van der Waals surface area contributed by atoms with Crippen LogP contribution in [0.15, 0.2) is 30.6 Å². The van der Waals surface area contributed by atoms with E-state index in [1.165, 1.54) is 12.1 Å². The van der Waals surface area contributed by atoms with Crippen LogP contribution in [0, 0.1) is 5.82 Å². The summed E-state index contributed by atoms with van der Waals surface area (Å²) in [5.74, 6) is 0.357. The van der Waals surface area contributed by atoms with Gasteiger partial charge in [-0.3, -0.25) is 9.48 Å². The predicted molar refractivity (Wildman–Crippen MR) is 64.5 cm³/mol. The standard InChI is InChI=1S/C13H13FN2O2/c1-9(2)16-7-12(6-15-16)18-13-4-3-11(14)5-10(13)8-17/h3-9H,1-2H3. The highest BCUT2D eigenvalue weighted by Crippen LogP contribution is 2.25. The lowest BCUT2D eigenvalue weighted by Crippen LogP contribution is -1.99. The number of carbonyl (C=O) groups excluding carboxylic acids is 1. The first kappa shape index (κ1) is 12.3. The van der Waals surface area contributed by atoms with E-state index in [0.29, 0.717) is 17.8 Å². The van der Waals surface area contributed by atoms with Gasteiger partial charge in [-0.15, -0.1) is 0 Å². The summed E-state index contributed by atoms with van der Waals surface area (Å²) in [4.78, 5) is 10.8. The van der Waals surface area contributed by atoms with Gasteiger partial charge in [0.05, 0.1) is 18.0 Å². The third-order valence-electron chi connectivity index (χ3n) is 2.43. The number of aldehydes is 1. The van der Waals surface area contributed by atoms with Crippen LogP contribution in [0.25, 0.3) is 0 Å². The highest BCUT2D eigenvalue weighted by atomic mass is 19.1. The summed E-state index contributed by atoms with van der Waals surface area (Å²) in [6.07, 6.45) is 3.84. The highest BCUT2D eigenvalue weighted by molar-refractivity contribution is 5.79. The minimum atomic E-state index is -0.470. The molecular weight excluding hydrogens is 235 g/mol. The molecule has 0 aliphatic heterocycles. The van der Waals surface area contributed by atoms with Crippen LogP contribution in [0.5, 0.6) is 11.5 Å². The Hall–Kier alpha value is -2.17. The highest BCUT2D eigenvalue weighted by Gasteiger charge is 2.08. The van der Waals surface area contributed by atoms with E-state index in [-0.39, 0.29) is 11.6 Å². The van der Waals surface area contributed by atoms with E-state index >= 15 is 0 Å². The molecule has 0 N–H and O–H groups in total. The fourth-order valence-electron chi connectivity index (χ4n) is 1.49. The lowest BCUT2D eigenvalue weighted by molar-refractivity contribution is 0.112. The van der Waals surface area contributed by atoms with Gasteiger partial charge in [-0.2, -0.15) is 5.10 Å². The van der Waals surface area contributed by atoms with E-state index in [9.17, 15) is 9.18 Å². The quantitative estimate of drug-likeness (QED) is 0.780. The Morgan fingerprint density at radius 1 is 1.44 bits per heavy atom. The van der Waals surface area contributed by atoms with Crippen LogP contribution in [0.4, 0.5) is 4.39 Å². The molecule has 4 nitrogen and oxygen atoms in total. The number of hydrogen-bond acceptors (Lipinski definition) is 3. The molecule has 94 valence electrons. The van der Waals surface area contributed by atoms with Gasteiger partial charge in [0.1, 0.15) is 11.6 Å². The van der Waals surface area contributed by atoms with Gasteiger partial charge in [-0.1, -0.05) is 0 Å². The van der Waals surface area contributed by atoms with Gasteiger partial charge in [0.15, 0.2) is 12.0 Å². The van der Waals surface area contributed by atoms with Crippen molar-refractivity contribution in [2.45, 2.75) is 19.9 Å². The van der Waals surface area contributed by atoms with Crippen molar-refractivity contribution >= 4 is 6.29 Å². The van der Waals surface area contributed by atoms with E-state index in [2.05, 4.69) is 5.10 Å². The van der Waals surface area contributed by atoms with Crippen LogP contribution in [0.3, 0.4) is 0 Å². The number of rotatable bonds is 4. The average molecular weight is 248 g/mol. The van der Waals surface area contributed by atoms with Crippen LogP contribution in [-0.4, -0.2) is 16.1 Å². The van der Waals surface area contributed by atoms with Crippen molar-refractivity contribution in [3.63, 3.8) is 0 Å². The van der Waals surface area contributed by atoms with Gasteiger partial charge in [-0.25, -0.2) is 4.39 Å². The second-order valence-corrected chi connectivity index (χ2v) is 4.15. The fraction of sp³-hybridized carbons (Fsp3) is 0.231. The monoisotopic (exact) mass is 248 g/mol. The van der Waals surface area contributed by atoms with Crippen molar-refractivity contribution < 1.29 is 13.9 Å². The Kier molecular flexibility index (Phi) is 3.41. The zero-order valence-electron chi connectivity index (χ0n) is 10.1. The molecule has 5 heteroatoms. The molecule has 1 aromatic heterocycles. The largest absolute Gasteiger partial charge is 0.453 e. The Morgan fingerprint density at radius 2 is 2.22 bits per heavy atom. The molecule has 18 heavy (non-hydrogen) atoms. The molecule has 2 aromatic rings. The van der Waals surface area contributed by atoms with Gasteiger partial charge >= 0.3 is 0 Å². The van der Waals surface area contributed by atoms with Crippen LogP contribution in [0.1, 0.15) is 30.2 Å². The number of benzene rings is 1. The minimum absolute atomic E-state index is 0.173. The van der Waals surface area contributed by atoms with E-state index in [1.54, 1.807) is 17.1 Å². The molecule has 0 unspecified atom stereocenters. The van der Waals surface area contributed by atoms with Crippen molar-refractivity contribution in [1.29, 1.82) is 0 Å². The summed E-state index contributed by atoms with van der Waals surface area (Å²) < 4.78 is 20.2. The fourth-order valence-corrected chi connectivity index (χ4v) is 1.49. The molecule has 0 spiro atoms. The first-order valence-corrected chi connectivity index (χ1v) is 5.57. The van der Waals surface area contributed by atoms with Crippen molar-refractivity contribution in [3.05, 3.63) is 42.0 Å². The van der Waals surface area contributed by atoms with Crippen molar-refractivity contribution in [1.82, 2.24) is 9.78 Å². The summed E-state index contributed by atoms with van der Waals surface area (Å²) in [5.41, 5.74) is 0.173. The number of nitrogens with zero attached hydrogens (tertiary/aromatic N) is 2. The van der Waals surface area contributed by atoms with Crippen LogP contribution in [-0.2, 0) is 0 Å². The first-order chi connectivity index (χ1) is 8.60. The van der Waals surface area contributed by atoms with Crippen molar-refractivity contribution in [2.75, 3.05) is 0 Å². The maximum absolute atomic E-state index is 13.0. The Bertz CT molecular complexity index is 564. The maximum atomic E-state index is 13.0. The van der Waals surface area contributed by atoms with Gasteiger partial charge in [0.2, 0.25) is 0 Å². The second kappa shape index (κ2) is 5.00. The topological polar surface area (TPSA) is 44.1 Å². The van der Waals surface area contributed by atoms with Crippen LogP contribution in [0.2, 0.25) is 0 Å². The third-order valence-corrected chi connectivity index (χ3v) is 2.43. The molecule has 0 amide bonds. The number of hydrogen-bond donors (Lipinski definition) is 0. The van der Waals surface area contributed by atoms with Crippen LogP contribution < -0.4 is 4.74 Å². The normalized spacial score (nSPS) is 10.7. The van der Waals surface area contributed by atoms with E-state index in [4.69, 9.17) is 4.74 Å². The van der Waals surface area contributed by atoms with Gasteiger partial charge in [-0.05, 0) is 32.0 Å². The molecule has 0 aliphatic carbocycles. The molecule has 0 fully saturated rings. The zero-order chi connectivity index (χ0) is 13.1. The molecular formula is C13H13FN2O2. The van der Waals surface area contributed by atoms with Crippen molar-refractivity contribution in [2.24, 2.45) is 0 Å². The van der Waals surface area contributed by atoms with Gasteiger partial charge < -0.3 is 4.74 Å². The molecule has 0 bridgehead atoms. The Balaban J connectivity index is 2.25. The average Bonchev–Trinajstić information content (AvgIpc) is 2.80. The van der Waals surface area contributed by atoms with Gasteiger partial charge in [0.25, 0.3) is 0 Å². The molecule has 0 saturated carbocycles. The number of ether oxygens (including phenoxy) is 1. The molecule has 1 aromatic carbocycles. The summed E-state index contributed by atoms with van der Waals surface area (Å²) in [6.45, 7) is 3.98. The van der Waals surface area contributed by atoms with E-state index in [1.807, 2.05) is 13.8 Å². The molecule has 0 radical (unpaired) electrons. The Labute approximate surface area is 104 Å². The first-order valence-electron chi connectivity index (χ1n) is 5.57. The van der Waals surface area contributed by atoms with E-state index < -0.39 is 5.82 Å². The molecule has 0 atom stereocenters. The van der Waals surface area contributed by atoms with Gasteiger partial charge in [0, 0.05) is 6.04 Å². The predicted octanol–water partition coefficient (Wildman–Crippen LogP) is 3.21. The second-order valence-electron chi connectivity index (χ2n) is 4.15. The summed E-state index contributed by atoms with van der Waals surface area (Å²) in [5, 5.41) is 4.11. The third kappa shape index (κ3) is 2.56. The molecule has 2 rings (SSSR count). The lowest BCUT2D eigenvalue weighted by atomic mass is 10.2. The SMILES string of the molecule is CC(C)n1cc(Oc2ccc(F)cc2C=O)cn1. The maximum Gasteiger partial charge on any atom is 0.165 e. The zero-order valence-corrected chi connectivity index (χ0v) is 10.1. The number of aromatic nitrogens is 2. The summed E-state index contributed by atoms with van der Waals surface area (Å²) >= 11 is 0. The summed E-state index contributed by atoms with van der Waals surface area (Å²) in [7, 11) is 0. The number of halogens is 1. The lowest BCUT2D eigenvalue weighted by Gasteiger charge is -2.06. The van der Waals surface area contributed by atoms with Crippen LogP contribution >= 0.6 is 0 Å². The van der Waals surface area contributed by atoms with Crippen molar-refractivity contribution in [3.8, 4) is 11.5 Å². The smallest absolute Gasteiger partial charge is 0.165 e. The molecule has 1 heterocycles. The number of carbonyl (C=O) groups is 1. The summed E-state index contributed by atoms with van der Waals surface area (Å²) in [6, 6.07) is 4.03. The molecule has 0 saturated heterocycles. The minimum Gasteiger partial charge on any atom is -0.453 e. The van der Waals surface area contributed by atoms with E-state index in [0.717, 1.165) is 6.07 Å². The molecule has 0 aliphatic rings. The Morgan fingerprint density at radius 3 is 2.83 bits per heavy atom.